The summed E-state index contributed by atoms with van der Waals surface area (Å²) < 4.78 is 35.3. The van der Waals surface area contributed by atoms with Crippen molar-refractivity contribution in [2.24, 2.45) is 11.8 Å². The van der Waals surface area contributed by atoms with E-state index in [4.69, 9.17) is 4.74 Å². The van der Waals surface area contributed by atoms with Crippen molar-refractivity contribution in [3.8, 4) is 0 Å². The Morgan fingerprint density at radius 2 is 1.83 bits per heavy atom. The maximum absolute atomic E-state index is 13.6. The molecule has 1 aliphatic carbocycles. The zero-order chi connectivity index (χ0) is 25.0. The molecule has 0 aromatic heterocycles. The lowest BCUT2D eigenvalue weighted by molar-refractivity contribution is -0.148. The van der Waals surface area contributed by atoms with E-state index in [9.17, 15) is 18.0 Å². The van der Waals surface area contributed by atoms with E-state index >= 15 is 0 Å². The smallest absolute Gasteiger partial charge is 0.310 e. The van der Waals surface area contributed by atoms with Gasteiger partial charge in [0.25, 0.3) is 0 Å². The van der Waals surface area contributed by atoms with Crippen LogP contribution in [-0.2, 0) is 24.3 Å². The molecule has 1 saturated heterocycles. The third kappa shape index (κ3) is 6.21. The van der Waals surface area contributed by atoms with Crippen LogP contribution in [0.4, 0.5) is 11.4 Å². The molecular weight excluding hydrogens is 466 g/mol. The molecule has 0 radical (unpaired) electrons. The Labute approximate surface area is 207 Å². The molecule has 4 rings (SSSR count). The number of hydrogen-bond donors (Lipinski definition) is 2. The summed E-state index contributed by atoms with van der Waals surface area (Å²) in [5.41, 5.74) is 1.80. The highest BCUT2D eigenvalue weighted by Gasteiger charge is 2.32. The summed E-state index contributed by atoms with van der Waals surface area (Å²) >= 11 is 0. The first kappa shape index (κ1) is 25.2. The lowest BCUT2D eigenvalue weighted by Gasteiger charge is -2.34. The fourth-order valence-electron chi connectivity index (χ4n) is 4.41. The average Bonchev–Trinajstić information content (AvgIpc) is 3.70. The van der Waals surface area contributed by atoms with E-state index in [1.54, 1.807) is 26.0 Å². The quantitative estimate of drug-likeness (QED) is 0.508. The van der Waals surface area contributed by atoms with Crippen molar-refractivity contribution < 1.29 is 22.7 Å². The Bertz CT molecular complexity index is 1160. The second-order valence-corrected chi connectivity index (χ2v) is 10.9. The van der Waals surface area contributed by atoms with Gasteiger partial charge in [0.15, 0.2) is 0 Å². The second-order valence-electron chi connectivity index (χ2n) is 9.24. The van der Waals surface area contributed by atoms with E-state index in [1.807, 2.05) is 35.2 Å². The fraction of sp³-hybridized carbons (Fsp3) is 0.462. The van der Waals surface area contributed by atoms with Gasteiger partial charge in [-0.2, -0.15) is 0 Å². The third-order valence-corrected chi connectivity index (χ3v) is 8.05. The van der Waals surface area contributed by atoms with Gasteiger partial charge in [-0.25, -0.2) is 13.1 Å². The van der Waals surface area contributed by atoms with Gasteiger partial charge in [0, 0.05) is 30.7 Å². The molecule has 1 heterocycles. The Balaban J connectivity index is 1.65. The summed E-state index contributed by atoms with van der Waals surface area (Å²) in [5.74, 6) is -0.666. The number of anilines is 2. The zero-order valence-electron chi connectivity index (χ0n) is 20.2. The number of nitrogens with one attached hydrogen (secondary N) is 2. The molecule has 0 bridgehead atoms. The molecule has 8 nitrogen and oxygen atoms in total. The molecule has 1 aliphatic heterocycles. The topological polar surface area (TPSA) is 105 Å². The molecule has 2 aromatic rings. The average molecular weight is 500 g/mol. The van der Waals surface area contributed by atoms with Crippen LogP contribution in [0.1, 0.15) is 51.1 Å². The van der Waals surface area contributed by atoms with Gasteiger partial charge in [0.1, 0.15) is 4.90 Å². The van der Waals surface area contributed by atoms with Crippen LogP contribution in [-0.4, -0.2) is 40.0 Å². The third-order valence-electron chi connectivity index (χ3n) is 6.48. The van der Waals surface area contributed by atoms with Crippen LogP contribution in [0.3, 0.4) is 0 Å². The number of carbonyl (C=O) groups excluding carboxylic acids is 2. The van der Waals surface area contributed by atoms with E-state index in [0.29, 0.717) is 37.5 Å². The van der Waals surface area contributed by atoms with E-state index in [1.165, 1.54) is 6.07 Å². The SMILES string of the molecule is CCOC(=O)[C@@H]1CCCN(c2ccc(NC(=O)C3CC3)cc2S(=O)(=O)N[C@H](C)c2ccccc2)C1. The van der Waals surface area contributed by atoms with E-state index in [2.05, 4.69) is 10.0 Å². The molecule has 2 aliphatic rings. The number of sulfonamides is 1. The van der Waals surface area contributed by atoms with Gasteiger partial charge in [-0.3, -0.25) is 9.59 Å². The first-order valence-corrected chi connectivity index (χ1v) is 13.7. The van der Waals surface area contributed by atoms with Crippen LogP contribution < -0.4 is 14.9 Å². The fourth-order valence-corrected chi connectivity index (χ4v) is 5.90. The van der Waals surface area contributed by atoms with Crippen LogP contribution in [0, 0.1) is 11.8 Å². The van der Waals surface area contributed by atoms with E-state index in [-0.39, 0.29) is 28.6 Å². The lowest BCUT2D eigenvalue weighted by Crippen LogP contribution is -2.40. The predicted octanol–water partition coefficient (Wildman–Crippen LogP) is 3.85. The van der Waals surface area contributed by atoms with Crippen LogP contribution in [0.5, 0.6) is 0 Å². The standard InChI is InChI=1S/C26H33N3O5S/c1-3-34-26(31)21-10-7-15-29(17-21)23-14-13-22(27-25(30)20-11-12-20)16-24(23)35(32,33)28-18(2)19-8-5-4-6-9-19/h4-6,8-9,13-14,16,18,20-21,28H,3,7,10-12,15,17H2,1-2H3,(H,27,30)/t18-,21-/m1/s1. The largest absolute Gasteiger partial charge is 0.466 e. The minimum atomic E-state index is -3.96. The van der Waals surface area contributed by atoms with Crippen molar-refractivity contribution in [3.05, 3.63) is 54.1 Å². The Kier molecular flexibility index (Phi) is 7.76. The summed E-state index contributed by atoms with van der Waals surface area (Å²) in [6.45, 7) is 4.88. The number of esters is 1. The van der Waals surface area contributed by atoms with Crippen molar-refractivity contribution in [1.29, 1.82) is 0 Å². The predicted molar refractivity (Wildman–Crippen MR) is 135 cm³/mol. The van der Waals surface area contributed by atoms with Gasteiger partial charge in [0.05, 0.1) is 18.2 Å². The van der Waals surface area contributed by atoms with Crippen LogP contribution in [0.15, 0.2) is 53.4 Å². The van der Waals surface area contributed by atoms with Gasteiger partial charge < -0.3 is 15.0 Å². The maximum Gasteiger partial charge on any atom is 0.310 e. The molecule has 2 atom stereocenters. The summed E-state index contributed by atoms with van der Waals surface area (Å²) in [7, 11) is -3.96. The molecule has 2 fully saturated rings. The highest BCUT2D eigenvalue weighted by molar-refractivity contribution is 7.89. The van der Waals surface area contributed by atoms with E-state index in [0.717, 1.165) is 24.8 Å². The number of carbonyl (C=O) groups is 2. The van der Waals surface area contributed by atoms with Crippen molar-refractivity contribution in [3.63, 3.8) is 0 Å². The number of ether oxygens (including phenoxy) is 1. The normalized spacial score (nSPS) is 19.1. The number of amides is 1. The first-order chi connectivity index (χ1) is 16.8. The highest BCUT2D eigenvalue weighted by atomic mass is 32.2. The van der Waals surface area contributed by atoms with Gasteiger partial charge in [-0.15, -0.1) is 0 Å². The molecule has 188 valence electrons. The molecule has 1 saturated carbocycles. The minimum absolute atomic E-state index is 0.00149. The maximum atomic E-state index is 13.6. The number of hydrogen-bond acceptors (Lipinski definition) is 6. The highest BCUT2D eigenvalue weighted by Crippen LogP contribution is 2.34. The first-order valence-electron chi connectivity index (χ1n) is 12.2. The Hall–Kier alpha value is -2.91. The molecule has 0 spiro atoms. The number of rotatable bonds is 9. The summed E-state index contributed by atoms with van der Waals surface area (Å²) in [6, 6.07) is 13.9. The number of piperidine rings is 1. The van der Waals surface area contributed by atoms with E-state index < -0.39 is 16.1 Å². The van der Waals surface area contributed by atoms with Crippen LogP contribution in [0.2, 0.25) is 0 Å². The Morgan fingerprint density at radius 3 is 2.51 bits per heavy atom. The zero-order valence-corrected chi connectivity index (χ0v) is 21.0. The van der Waals surface area contributed by atoms with Gasteiger partial charge in [0.2, 0.25) is 15.9 Å². The number of nitrogens with zero attached hydrogens (tertiary/aromatic N) is 1. The summed E-state index contributed by atoms with van der Waals surface area (Å²) in [6.07, 6.45) is 3.16. The summed E-state index contributed by atoms with van der Waals surface area (Å²) in [4.78, 5) is 26.7. The molecule has 0 unspecified atom stereocenters. The molecule has 2 N–H and O–H groups in total. The lowest BCUT2D eigenvalue weighted by atomic mass is 9.97. The van der Waals surface area contributed by atoms with Crippen molar-refractivity contribution >= 4 is 33.3 Å². The van der Waals surface area contributed by atoms with Gasteiger partial charge >= 0.3 is 5.97 Å². The molecule has 9 heteroatoms. The van der Waals surface area contributed by atoms with Gasteiger partial charge in [-0.05, 0) is 63.3 Å². The Morgan fingerprint density at radius 1 is 1.09 bits per heavy atom. The monoisotopic (exact) mass is 499 g/mol. The molecule has 1 amide bonds. The minimum Gasteiger partial charge on any atom is -0.466 e. The van der Waals surface area contributed by atoms with Crippen molar-refractivity contribution in [1.82, 2.24) is 4.72 Å². The van der Waals surface area contributed by atoms with Gasteiger partial charge in [-0.1, -0.05) is 30.3 Å². The number of benzene rings is 2. The molecule has 2 aromatic carbocycles. The molecule has 35 heavy (non-hydrogen) atoms. The van der Waals surface area contributed by atoms with Crippen LogP contribution in [0.25, 0.3) is 0 Å². The van der Waals surface area contributed by atoms with Crippen molar-refractivity contribution in [2.45, 2.75) is 50.5 Å². The summed E-state index contributed by atoms with van der Waals surface area (Å²) in [5, 5.41) is 2.85. The van der Waals surface area contributed by atoms with Crippen molar-refractivity contribution in [2.75, 3.05) is 29.9 Å². The van der Waals surface area contributed by atoms with Crippen LogP contribution >= 0.6 is 0 Å². The molecular formula is C26H33N3O5S. The second kappa shape index (κ2) is 10.8.